The van der Waals surface area contributed by atoms with Gasteiger partial charge in [0.05, 0.1) is 0 Å². The van der Waals surface area contributed by atoms with Gasteiger partial charge in [0.1, 0.15) is 0 Å². The second kappa shape index (κ2) is 8.53. The summed E-state index contributed by atoms with van der Waals surface area (Å²) < 4.78 is 0. The van der Waals surface area contributed by atoms with Gasteiger partial charge in [0, 0.05) is 20.1 Å². The molecule has 0 spiro atoms. The number of nitrogens with zero attached hydrogens (tertiary/aromatic N) is 1. The van der Waals surface area contributed by atoms with Crippen molar-refractivity contribution in [1.82, 2.24) is 10.6 Å². The molecule has 0 unspecified atom stereocenters. The third kappa shape index (κ3) is 4.46. The summed E-state index contributed by atoms with van der Waals surface area (Å²) in [6, 6.07) is 8.97. The second-order valence-corrected chi connectivity index (χ2v) is 6.15. The van der Waals surface area contributed by atoms with E-state index in [1.54, 1.807) is 11.3 Å². The van der Waals surface area contributed by atoms with Gasteiger partial charge in [-0.1, -0.05) is 18.2 Å². The molecule has 3 rings (SSSR count). The number of hydrogen-bond donors (Lipinski definition) is 2. The number of thiophene rings is 1. The van der Waals surface area contributed by atoms with Crippen LogP contribution in [0.2, 0.25) is 0 Å². The Morgan fingerprint density at radius 3 is 2.59 bits per heavy atom. The van der Waals surface area contributed by atoms with Crippen LogP contribution in [0.15, 0.2) is 40.0 Å². The second-order valence-electron chi connectivity index (χ2n) is 5.37. The van der Waals surface area contributed by atoms with Gasteiger partial charge in [0.15, 0.2) is 5.96 Å². The molecule has 0 fully saturated rings. The molecule has 3 nitrogen and oxygen atoms in total. The minimum atomic E-state index is 0. The molecular formula is C17H22IN3S. The minimum absolute atomic E-state index is 0. The molecule has 1 heterocycles. The highest BCUT2D eigenvalue weighted by Crippen LogP contribution is 2.22. The fraction of sp³-hybridized carbons (Fsp3) is 0.353. The zero-order valence-electron chi connectivity index (χ0n) is 12.8. The lowest BCUT2D eigenvalue weighted by Crippen LogP contribution is -2.36. The van der Waals surface area contributed by atoms with Gasteiger partial charge in [-0.25, -0.2) is 0 Å². The standard InChI is InChI=1S/C17H21N3S.HI/c1-18-17(20-11-14-7-8-21-12-14)19-10-13-5-6-15-3-2-4-16(15)9-13;/h5-9,12H,2-4,10-11H2,1H3,(H2,18,19,20);1H. The number of rotatable bonds is 4. The van der Waals surface area contributed by atoms with Gasteiger partial charge in [-0.15, -0.1) is 24.0 Å². The zero-order valence-corrected chi connectivity index (χ0v) is 15.9. The molecule has 0 amide bonds. The van der Waals surface area contributed by atoms with Gasteiger partial charge in [-0.2, -0.15) is 11.3 Å². The van der Waals surface area contributed by atoms with Crippen LogP contribution in [-0.2, 0) is 25.9 Å². The average molecular weight is 427 g/mol. The highest BCUT2D eigenvalue weighted by molar-refractivity contribution is 14.0. The first kappa shape index (κ1) is 17.3. The predicted molar refractivity (Wildman–Crippen MR) is 105 cm³/mol. The molecule has 1 aromatic carbocycles. The number of aliphatic imine (C=N–C) groups is 1. The molecule has 1 aliphatic carbocycles. The first-order valence-corrected chi connectivity index (χ1v) is 8.36. The van der Waals surface area contributed by atoms with Crippen LogP contribution >= 0.6 is 35.3 Å². The molecule has 0 aliphatic heterocycles. The Bertz CT molecular complexity index is 623. The number of guanidine groups is 1. The SMILES string of the molecule is CN=C(NCc1ccsc1)NCc1ccc2c(c1)CCC2.I. The maximum Gasteiger partial charge on any atom is 0.191 e. The van der Waals surface area contributed by atoms with Crippen molar-refractivity contribution in [3.8, 4) is 0 Å². The third-order valence-electron chi connectivity index (χ3n) is 3.89. The van der Waals surface area contributed by atoms with Crippen molar-refractivity contribution < 1.29 is 0 Å². The topological polar surface area (TPSA) is 36.4 Å². The lowest BCUT2D eigenvalue weighted by molar-refractivity contribution is 0.810. The van der Waals surface area contributed by atoms with E-state index in [4.69, 9.17) is 0 Å². The summed E-state index contributed by atoms with van der Waals surface area (Å²) >= 11 is 1.72. The van der Waals surface area contributed by atoms with Crippen LogP contribution in [0.3, 0.4) is 0 Å². The summed E-state index contributed by atoms with van der Waals surface area (Å²) in [6.45, 7) is 1.63. The molecule has 1 aromatic heterocycles. The van der Waals surface area contributed by atoms with Crippen molar-refractivity contribution >= 4 is 41.3 Å². The average Bonchev–Trinajstić information content (AvgIpc) is 3.18. The molecule has 5 heteroatoms. The monoisotopic (exact) mass is 427 g/mol. The van der Waals surface area contributed by atoms with Crippen LogP contribution < -0.4 is 10.6 Å². The molecule has 0 atom stereocenters. The predicted octanol–water partition coefficient (Wildman–Crippen LogP) is 3.72. The van der Waals surface area contributed by atoms with E-state index in [9.17, 15) is 0 Å². The van der Waals surface area contributed by atoms with E-state index in [1.165, 1.54) is 41.5 Å². The van der Waals surface area contributed by atoms with Crippen LogP contribution in [0.25, 0.3) is 0 Å². The maximum absolute atomic E-state index is 4.27. The molecule has 1 aliphatic rings. The Balaban J connectivity index is 0.00000176. The van der Waals surface area contributed by atoms with Crippen molar-refractivity contribution in [2.24, 2.45) is 4.99 Å². The lowest BCUT2D eigenvalue weighted by Gasteiger charge is -2.12. The van der Waals surface area contributed by atoms with Gasteiger partial charge in [0.2, 0.25) is 0 Å². The summed E-state index contributed by atoms with van der Waals surface area (Å²) in [5.74, 6) is 0.849. The third-order valence-corrected chi connectivity index (χ3v) is 4.62. The normalized spacial score (nSPS) is 13.4. The Kier molecular flexibility index (Phi) is 6.70. The van der Waals surface area contributed by atoms with E-state index in [0.717, 1.165) is 19.0 Å². The van der Waals surface area contributed by atoms with Gasteiger partial charge in [0.25, 0.3) is 0 Å². The van der Waals surface area contributed by atoms with Crippen molar-refractivity contribution in [3.63, 3.8) is 0 Å². The van der Waals surface area contributed by atoms with Crippen molar-refractivity contribution in [2.75, 3.05) is 7.05 Å². The molecule has 22 heavy (non-hydrogen) atoms. The number of hydrogen-bond acceptors (Lipinski definition) is 2. The van der Waals surface area contributed by atoms with Crippen LogP contribution in [0.1, 0.15) is 28.7 Å². The number of benzene rings is 1. The zero-order chi connectivity index (χ0) is 14.5. The van der Waals surface area contributed by atoms with E-state index in [2.05, 4.69) is 50.7 Å². The van der Waals surface area contributed by atoms with Crippen LogP contribution in [0.5, 0.6) is 0 Å². The van der Waals surface area contributed by atoms with E-state index < -0.39 is 0 Å². The summed E-state index contributed by atoms with van der Waals surface area (Å²) in [5.41, 5.74) is 5.67. The number of aryl methyl sites for hydroxylation is 2. The summed E-state index contributed by atoms with van der Waals surface area (Å²) in [6.07, 6.45) is 3.78. The Hall–Kier alpha value is -1.08. The van der Waals surface area contributed by atoms with Crippen molar-refractivity contribution in [3.05, 3.63) is 57.3 Å². The van der Waals surface area contributed by atoms with Gasteiger partial charge in [-0.3, -0.25) is 4.99 Å². The summed E-state index contributed by atoms with van der Waals surface area (Å²) in [7, 11) is 1.81. The van der Waals surface area contributed by atoms with Gasteiger partial charge in [-0.05, 0) is 58.3 Å². The molecule has 0 saturated heterocycles. The first-order valence-electron chi connectivity index (χ1n) is 7.41. The molecule has 0 saturated carbocycles. The fourth-order valence-electron chi connectivity index (χ4n) is 2.72. The Morgan fingerprint density at radius 2 is 1.86 bits per heavy atom. The smallest absolute Gasteiger partial charge is 0.191 e. The maximum atomic E-state index is 4.27. The van der Waals surface area contributed by atoms with Crippen molar-refractivity contribution in [2.45, 2.75) is 32.4 Å². The Morgan fingerprint density at radius 1 is 1.09 bits per heavy atom. The van der Waals surface area contributed by atoms with E-state index >= 15 is 0 Å². The van der Waals surface area contributed by atoms with Gasteiger partial charge < -0.3 is 10.6 Å². The lowest BCUT2D eigenvalue weighted by atomic mass is 10.1. The Labute approximate surface area is 153 Å². The highest BCUT2D eigenvalue weighted by Gasteiger charge is 2.10. The van der Waals surface area contributed by atoms with Crippen LogP contribution in [-0.4, -0.2) is 13.0 Å². The van der Waals surface area contributed by atoms with E-state index in [1.807, 2.05) is 7.05 Å². The highest BCUT2D eigenvalue weighted by atomic mass is 127. The summed E-state index contributed by atoms with van der Waals surface area (Å²) in [4.78, 5) is 4.27. The van der Waals surface area contributed by atoms with Gasteiger partial charge >= 0.3 is 0 Å². The number of halogens is 1. The molecule has 2 N–H and O–H groups in total. The van der Waals surface area contributed by atoms with Crippen LogP contribution in [0.4, 0.5) is 0 Å². The molecular weight excluding hydrogens is 405 g/mol. The minimum Gasteiger partial charge on any atom is -0.352 e. The van der Waals surface area contributed by atoms with Crippen molar-refractivity contribution in [1.29, 1.82) is 0 Å². The largest absolute Gasteiger partial charge is 0.352 e. The quantitative estimate of drug-likeness (QED) is 0.444. The number of fused-ring (bicyclic) bond motifs is 1. The molecule has 2 aromatic rings. The van der Waals surface area contributed by atoms with E-state index in [0.29, 0.717) is 0 Å². The molecule has 118 valence electrons. The number of nitrogens with one attached hydrogen (secondary N) is 2. The van der Waals surface area contributed by atoms with Crippen LogP contribution in [0, 0.1) is 0 Å². The first-order chi connectivity index (χ1) is 10.3. The molecule has 0 bridgehead atoms. The molecule has 0 radical (unpaired) electrons. The fourth-order valence-corrected chi connectivity index (χ4v) is 3.39. The van der Waals surface area contributed by atoms with E-state index in [-0.39, 0.29) is 24.0 Å². The summed E-state index contributed by atoms with van der Waals surface area (Å²) in [5, 5.41) is 11.0.